The van der Waals surface area contributed by atoms with E-state index in [1.807, 2.05) is 0 Å². The maximum absolute atomic E-state index is 12.2. The molecule has 0 aliphatic heterocycles. The van der Waals surface area contributed by atoms with Gasteiger partial charge in [0, 0.05) is 24.7 Å². The van der Waals surface area contributed by atoms with Crippen LogP contribution in [0.4, 0.5) is 5.69 Å². The van der Waals surface area contributed by atoms with Crippen molar-refractivity contribution in [3.63, 3.8) is 0 Å². The van der Waals surface area contributed by atoms with Crippen LogP contribution in [0.5, 0.6) is 0 Å². The average molecular weight is 322 g/mol. The fourth-order valence-electron chi connectivity index (χ4n) is 3.11. The zero-order valence-electron chi connectivity index (χ0n) is 13.9. The predicted octanol–water partition coefficient (Wildman–Crippen LogP) is 3.11. The Morgan fingerprint density at radius 1 is 1.00 bits per heavy atom. The average Bonchev–Trinajstić information content (AvgIpc) is 3.02. The first kappa shape index (κ1) is 16.2. The second-order valence-electron chi connectivity index (χ2n) is 6.22. The third-order valence-electron chi connectivity index (χ3n) is 4.33. The third kappa shape index (κ3) is 4.02. The molecule has 0 bridgehead atoms. The molecule has 0 fully saturated rings. The molecule has 3 rings (SSSR count). The molecular weight excluding hydrogens is 300 g/mol. The molecule has 124 valence electrons. The van der Waals surface area contributed by atoms with Crippen molar-refractivity contribution >= 4 is 17.5 Å². The Morgan fingerprint density at radius 2 is 1.75 bits per heavy atom. The molecule has 0 heterocycles. The van der Waals surface area contributed by atoms with Gasteiger partial charge in [-0.3, -0.25) is 9.59 Å². The summed E-state index contributed by atoms with van der Waals surface area (Å²) in [4.78, 5) is 23.1. The lowest BCUT2D eigenvalue weighted by molar-refractivity contribution is -0.114. The van der Waals surface area contributed by atoms with E-state index in [9.17, 15) is 9.59 Å². The lowest BCUT2D eigenvalue weighted by atomic mass is 10.0. The number of hydrogen-bond donors (Lipinski definition) is 2. The van der Waals surface area contributed by atoms with Gasteiger partial charge in [-0.05, 0) is 66.6 Å². The fourth-order valence-corrected chi connectivity index (χ4v) is 3.11. The Bertz CT molecular complexity index is 751. The van der Waals surface area contributed by atoms with Gasteiger partial charge in [0.25, 0.3) is 5.91 Å². The van der Waals surface area contributed by atoms with Crippen LogP contribution in [0.2, 0.25) is 0 Å². The normalized spacial score (nSPS) is 12.5. The van der Waals surface area contributed by atoms with E-state index in [-0.39, 0.29) is 11.8 Å². The summed E-state index contributed by atoms with van der Waals surface area (Å²) in [5.74, 6) is -0.216. The lowest BCUT2D eigenvalue weighted by Gasteiger charge is -2.08. The quantitative estimate of drug-likeness (QED) is 0.888. The van der Waals surface area contributed by atoms with E-state index >= 15 is 0 Å². The molecule has 2 aromatic carbocycles. The molecule has 4 nitrogen and oxygen atoms in total. The summed E-state index contributed by atoms with van der Waals surface area (Å²) in [6.07, 6.45) is 4.46. The fraction of sp³-hybridized carbons (Fsp3) is 0.300. The van der Waals surface area contributed by atoms with E-state index in [1.54, 1.807) is 24.3 Å². The van der Waals surface area contributed by atoms with E-state index in [1.165, 1.54) is 42.9 Å². The molecule has 0 aromatic heterocycles. The third-order valence-corrected chi connectivity index (χ3v) is 4.33. The van der Waals surface area contributed by atoms with Crippen molar-refractivity contribution in [1.29, 1.82) is 0 Å². The number of amides is 2. The Kier molecular flexibility index (Phi) is 4.94. The molecular formula is C20H22N2O2. The van der Waals surface area contributed by atoms with Crippen molar-refractivity contribution in [2.75, 3.05) is 11.9 Å². The largest absolute Gasteiger partial charge is 0.352 e. The molecule has 0 unspecified atom stereocenters. The van der Waals surface area contributed by atoms with Crippen molar-refractivity contribution in [2.24, 2.45) is 0 Å². The summed E-state index contributed by atoms with van der Waals surface area (Å²) in [5, 5.41) is 5.63. The highest BCUT2D eigenvalue weighted by molar-refractivity contribution is 5.95. The minimum absolute atomic E-state index is 0.0921. The summed E-state index contributed by atoms with van der Waals surface area (Å²) in [7, 11) is 0. The standard InChI is InChI=1S/C20H22N2O2/c1-14(23)22-19-9-7-17(8-10-19)20(24)21-12-11-15-5-6-16-3-2-4-18(16)13-15/h5-10,13H,2-4,11-12H2,1H3,(H,21,24)(H,22,23). The van der Waals surface area contributed by atoms with Gasteiger partial charge in [-0.2, -0.15) is 0 Å². The first-order chi connectivity index (χ1) is 11.6. The van der Waals surface area contributed by atoms with E-state index in [0.29, 0.717) is 17.8 Å². The van der Waals surface area contributed by atoms with Crippen LogP contribution in [-0.4, -0.2) is 18.4 Å². The zero-order valence-corrected chi connectivity index (χ0v) is 13.9. The van der Waals surface area contributed by atoms with E-state index in [2.05, 4.69) is 28.8 Å². The molecule has 4 heteroatoms. The van der Waals surface area contributed by atoms with Crippen molar-refractivity contribution < 1.29 is 9.59 Å². The molecule has 1 aliphatic carbocycles. The van der Waals surface area contributed by atoms with E-state index < -0.39 is 0 Å². The van der Waals surface area contributed by atoms with Crippen molar-refractivity contribution in [1.82, 2.24) is 5.32 Å². The monoisotopic (exact) mass is 322 g/mol. The molecule has 24 heavy (non-hydrogen) atoms. The SMILES string of the molecule is CC(=O)Nc1ccc(C(=O)NCCc2ccc3c(c2)CCC3)cc1. The van der Waals surface area contributed by atoms with Crippen LogP contribution in [0.15, 0.2) is 42.5 Å². The lowest BCUT2D eigenvalue weighted by Crippen LogP contribution is -2.25. The van der Waals surface area contributed by atoms with Crippen molar-refractivity contribution in [3.05, 3.63) is 64.7 Å². The van der Waals surface area contributed by atoms with Gasteiger partial charge in [0.15, 0.2) is 0 Å². The Labute approximate surface area is 142 Å². The Balaban J connectivity index is 1.51. The summed E-state index contributed by atoms with van der Waals surface area (Å²) in [5.41, 5.74) is 5.50. The van der Waals surface area contributed by atoms with Gasteiger partial charge in [-0.25, -0.2) is 0 Å². The van der Waals surface area contributed by atoms with Gasteiger partial charge in [0.1, 0.15) is 0 Å². The van der Waals surface area contributed by atoms with Gasteiger partial charge < -0.3 is 10.6 Å². The number of anilines is 1. The number of benzene rings is 2. The highest BCUT2D eigenvalue weighted by atomic mass is 16.2. The van der Waals surface area contributed by atoms with Gasteiger partial charge in [0.05, 0.1) is 0 Å². The van der Waals surface area contributed by atoms with Gasteiger partial charge in [-0.1, -0.05) is 18.2 Å². The van der Waals surface area contributed by atoms with Crippen LogP contribution in [0.25, 0.3) is 0 Å². The van der Waals surface area contributed by atoms with Gasteiger partial charge in [0.2, 0.25) is 5.91 Å². The minimum atomic E-state index is -0.124. The molecule has 2 N–H and O–H groups in total. The summed E-state index contributed by atoms with van der Waals surface area (Å²) < 4.78 is 0. The molecule has 0 radical (unpaired) electrons. The number of aryl methyl sites for hydroxylation is 2. The predicted molar refractivity (Wildman–Crippen MR) is 95.2 cm³/mol. The van der Waals surface area contributed by atoms with Crippen LogP contribution in [-0.2, 0) is 24.1 Å². The van der Waals surface area contributed by atoms with Crippen LogP contribution in [0.1, 0.15) is 40.4 Å². The molecule has 0 spiro atoms. The zero-order chi connectivity index (χ0) is 16.9. The van der Waals surface area contributed by atoms with Crippen LogP contribution >= 0.6 is 0 Å². The van der Waals surface area contributed by atoms with Gasteiger partial charge in [-0.15, -0.1) is 0 Å². The highest BCUT2D eigenvalue weighted by Gasteiger charge is 2.11. The number of nitrogens with one attached hydrogen (secondary N) is 2. The second-order valence-corrected chi connectivity index (χ2v) is 6.22. The highest BCUT2D eigenvalue weighted by Crippen LogP contribution is 2.22. The summed E-state index contributed by atoms with van der Waals surface area (Å²) in [6, 6.07) is 13.6. The Morgan fingerprint density at radius 3 is 2.50 bits per heavy atom. The molecule has 2 amide bonds. The van der Waals surface area contributed by atoms with Crippen molar-refractivity contribution in [3.8, 4) is 0 Å². The van der Waals surface area contributed by atoms with Crippen molar-refractivity contribution in [2.45, 2.75) is 32.6 Å². The van der Waals surface area contributed by atoms with Crippen LogP contribution < -0.4 is 10.6 Å². The molecule has 0 saturated carbocycles. The first-order valence-corrected chi connectivity index (χ1v) is 8.38. The molecule has 2 aromatic rings. The number of carbonyl (C=O) groups excluding carboxylic acids is 2. The maximum Gasteiger partial charge on any atom is 0.251 e. The molecule has 0 saturated heterocycles. The van der Waals surface area contributed by atoms with Crippen LogP contribution in [0, 0.1) is 0 Å². The number of hydrogen-bond acceptors (Lipinski definition) is 2. The second kappa shape index (κ2) is 7.30. The first-order valence-electron chi connectivity index (χ1n) is 8.38. The van der Waals surface area contributed by atoms with Gasteiger partial charge >= 0.3 is 0 Å². The minimum Gasteiger partial charge on any atom is -0.352 e. The van der Waals surface area contributed by atoms with E-state index in [4.69, 9.17) is 0 Å². The number of fused-ring (bicyclic) bond motifs is 1. The molecule has 1 aliphatic rings. The summed E-state index contributed by atoms with van der Waals surface area (Å²) in [6.45, 7) is 2.07. The topological polar surface area (TPSA) is 58.2 Å². The number of rotatable bonds is 5. The van der Waals surface area contributed by atoms with Crippen LogP contribution in [0.3, 0.4) is 0 Å². The Hall–Kier alpha value is -2.62. The maximum atomic E-state index is 12.2. The number of carbonyl (C=O) groups is 2. The summed E-state index contributed by atoms with van der Waals surface area (Å²) >= 11 is 0. The molecule has 0 atom stereocenters. The smallest absolute Gasteiger partial charge is 0.251 e. The van der Waals surface area contributed by atoms with E-state index in [0.717, 1.165) is 6.42 Å².